The van der Waals surface area contributed by atoms with E-state index in [1.807, 2.05) is 0 Å². The third-order valence-electron chi connectivity index (χ3n) is 2.91. The number of hydrogen-bond donors (Lipinski definition) is 0. The van der Waals surface area contributed by atoms with Crippen LogP contribution in [0.2, 0.25) is 5.02 Å². The Balaban J connectivity index is 2.22. The second kappa shape index (κ2) is 4.31. The zero-order valence-electron chi connectivity index (χ0n) is 8.62. The quantitative estimate of drug-likeness (QED) is 0.797. The summed E-state index contributed by atoms with van der Waals surface area (Å²) < 4.78 is 24.2. The van der Waals surface area contributed by atoms with E-state index in [1.165, 1.54) is 0 Å². The SMILES string of the molecule is O=S(=O)(CC1(CBr)CC1)c1ccc(Cl)cc1. The summed E-state index contributed by atoms with van der Waals surface area (Å²) in [6, 6.07) is 6.37. The Morgan fingerprint density at radius 1 is 1.25 bits per heavy atom. The maximum absolute atomic E-state index is 12.1. The van der Waals surface area contributed by atoms with Gasteiger partial charge in [0.15, 0.2) is 9.84 Å². The summed E-state index contributed by atoms with van der Waals surface area (Å²) in [6.07, 6.45) is 1.98. The highest BCUT2D eigenvalue weighted by Gasteiger charge is 2.45. The minimum atomic E-state index is -3.17. The Morgan fingerprint density at radius 2 is 1.81 bits per heavy atom. The predicted octanol–water partition coefficient (Wildman–Crippen LogP) is 3.29. The normalized spacial score (nSPS) is 18.4. The van der Waals surface area contributed by atoms with Gasteiger partial charge in [-0.05, 0) is 42.5 Å². The van der Waals surface area contributed by atoms with Crippen molar-refractivity contribution < 1.29 is 8.42 Å². The van der Waals surface area contributed by atoms with E-state index in [0.717, 1.165) is 18.2 Å². The van der Waals surface area contributed by atoms with Gasteiger partial charge in [-0.1, -0.05) is 27.5 Å². The van der Waals surface area contributed by atoms with Crippen LogP contribution in [0.4, 0.5) is 0 Å². The molecule has 1 saturated carbocycles. The largest absolute Gasteiger partial charge is 0.224 e. The highest BCUT2D eigenvalue weighted by molar-refractivity contribution is 9.09. The van der Waals surface area contributed by atoms with Gasteiger partial charge in [0.1, 0.15) is 0 Å². The molecule has 0 radical (unpaired) electrons. The molecule has 0 saturated heterocycles. The molecule has 2 nitrogen and oxygen atoms in total. The van der Waals surface area contributed by atoms with E-state index in [4.69, 9.17) is 11.6 Å². The molecular weight excluding hydrogens is 312 g/mol. The third-order valence-corrected chi connectivity index (χ3v) is 6.33. The van der Waals surface area contributed by atoms with E-state index in [-0.39, 0.29) is 11.2 Å². The molecule has 16 heavy (non-hydrogen) atoms. The standard InChI is InChI=1S/C11H12BrClO2S/c12-7-11(5-6-11)8-16(14,15)10-3-1-9(13)2-4-10/h1-4H,5-8H2. The van der Waals surface area contributed by atoms with Crippen molar-refractivity contribution in [3.63, 3.8) is 0 Å². The number of sulfone groups is 1. The number of rotatable bonds is 4. The summed E-state index contributed by atoms with van der Waals surface area (Å²) in [5.74, 6) is 0.229. The monoisotopic (exact) mass is 322 g/mol. The topological polar surface area (TPSA) is 34.1 Å². The van der Waals surface area contributed by atoms with Gasteiger partial charge in [0.05, 0.1) is 10.6 Å². The minimum Gasteiger partial charge on any atom is -0.224 e. The van der Waals surface area contributed by atoms with Crippen LogP contribution in [0.1, 0.15) is 12.8 Å². The van der Waals surface area contributed by atoms with E-state index in [1.54, 1.807) is 24.3 Å². The molecule has 0 N–H and O–H groups in total. The van der Waals surface area contributed by atoms with Crippen LogP contribution in [0.25, 0.3) is 0 Å². The van der Waals surface area contributed by atoms with Gasteiger partial charge in [-0.25, -0.2) is 8.42 Å². The summed E-state index contributed by atoms with van der Waals surface area (Å²) in [5.41, 5.74) is -0.0293. The molecule has 0 bridgehead atoms. The summed E-state index contributed by atoms with van der Waals surface area (Å²) in [6.45, 7) is 0. The van der Waals surface area contributed by atoms with E-state index >= 15 is 0 Å². The second-order valence-electron chi connectivity index (χ2n) is 4.35. The highest BCUT2D eigenvalue weighted by Crippen LogP contribution is 2.48. The molecule has 0 aromatic heterocycles. The molecule has 2 rings (SSSR count). The summed E-state index contributed by atoms with van der Waals surface area (Å²) in [4.78, 5) is 0.365. The smallest absolute Gasteiger partial charge is 0.178 e. The van der Waals surface area contributed by atoms with Crippen LogP contribution < -0.4 is 0 Å². The summed E-state index contributed by atoms with van der Waals surface area (Å²) in [5, 5.41) is 1.31. The zero-order valence-corrected chi connectivity index (χ0v) is 11.8. The van der Waals surface area contributed by atoms with Gasteiger partial charge in [0.25, 0.3) is 0 Å². The van der Waals surface area contributed by atoms with Gasteiger partial charge in [-0.15, -0.1) is 0 Å². The fourth-order valence-corrected chi connectivity index (χ4v) is 4.68. The highest BCUT2D eigenvalue weighted by atomic mass is 79.9. The van der Waals surface area contributed by atoms with Crippen LogP contribution >= 0.6 is 27.5 Å². The van der Waals surface area contributed by atoms with Crippen molar-refractivity contribution in [2.45, 2.75) is 17.7 Å². The maximum Gasteiger partial charge on any atom is 0.178 e. The lowest BCUT2D eigenvalue weighted by molar-refractivity contribution is 0.572. The first kappa shape index (κ1) is 12.4. The molecule has 0 atom stereocenters. The van der Waals surface area contributed by atoms with Gasteiger partial charge >= 0.3 is 0 Å². The molecule has 1 fully saturated rings. The predicted molar refractivity (Wildman–Crippen MR) is 69.0 cm³/mol. The molecule has 1 aliphatic rings. The molecule has 0 unspecified atom stereocenters. The molecule has 0 amide bonds. The minimum absolute atomic E-state index is 0.0293. The lowest BCUT2D eigenvalue weighted by atomic mass is 10.2. The first-order valence-electron chi connectivity index (χ1n) is 5.02. The maximum atomic E-state index is 12.1. The molecular formula is C11H12BrClO2S. The molecule has 1 aromatic carbocycles. The van der Waals surface area contributed by atoms with Gasteiger partial charge in [0, 0.05) is 10.4 Å². The molecule has 0 heterocycles. The molecule has 0 aliphatic heterocycles. The van der Waals surface area contributed by atoms with Crippen molar-refractivity contribution in [2.24, 2.45) is 5.41 Å². The second-order valence-corrected chi connectivity index (χ2v) is 7.33. The Labute approximate surface area is 109 Å². The first-order chi connectivity index (χ1) is 7.47. The van der Waals surface area contributed by atoms with Gasteiger partial charge in [-0.2, -0.15) is 0 Å². The van der Waals surface area contributed by atoms with Crippen molar-refractivity contribution in [3.8, 4) is 0 Å². The number of halogens is 2. The average molecular weight is 324 g/mol. The molecule has 88 valence electrons. The lowest BCUT2D eigenvalue weighted by Crippen LogP contribution is -2.18. The molecule has 1 aliphatic carbocycles. The number of benzene rings is 1. The Hall–Kier alpha value is -0.0600. The zero-order chi connectivity index (χ0) is 11.8. The number of hydrogen-bond acceptors (Lipinski definition) is 2. The van der Waals surface area contributed by atoms with Crippen LogP contribution in [0.3, 0.4) is 0 Å². The van der Waals surface area contributed by atoms with Crippen LogP contribution in [-0.4, -0.2) is 19.5 Å². The van der Waals surface area contributed by atoms with Crippen molar-refractivity contribution in [3.05, 3.63) is 29.3 Å². The van der Waals surface area contributed by atoms with Crippen molar-refractivity contribution >= 4 is 37.4 Å². The van der Waals surface area contributed by atoms with Gasteiger partial charge < -0.3 is 0 Å². The van der Waals surface area contributed by atoms with Gasteiger partial charge in [-0.3, -0.25) is 0 Å². The Kier molecular flexibility index (Phi) is 3.34. The first-order valence-corrected chi connectivity index (χ1v) is 8.17. The van der Waals surface area contributed by atoms with E-state index in [9.17, 15) is 8.42 Å². The van der Waals surface area contributed by atoms with E-state index in [0.29, 0.717) is 9.92 Å². The molecule has 5 heteroatoms. The number of alkyl halides is 1. The summed E-state index contributed by atoms with van der Waals surface area (Å²) >= 11 is 9.12. The lowest BCUT2D eigenvalue weighted by Gasteiger charge is -2.11. The molecule has 1 aromatic rings. The van der Waals surface area contributed by atoms with Crippen LogP contribution in [0.5, 0.6) is 0 Å². The Bertz CT molecular complexity index is 477. The van der Waals surface area contributed by atoms with Crippen LogP contribution in [0, 0.1) is 5.41 Å². The average Bonchev–Trinajstić information content (AvgIpc) is 2.98. The van der Waals surface area contributed by atoms with Gasteiger partial charge in [0.2, 0.25) is 0 Å². The fraction of sp³-hybridized carbons (Fsp3) is 0.455. The van der Waals surface area contributed by atoms with E-state index < -0.39 is 9.84 Å². The van der Waals surface area contributed by atoms with Crippen molar-refractivity contribution in [1.82, 2.24) is 0 Å². The Morgan fingerprint density at radius 3 is 2.25 bits per heavy atom. The van der Waals surface area contributed by atoms with Crippen molar-refractivity contribution in [2.75, 3.05) is 11.1 Å². The van der Waals surface area contributed by atoms with Crippen LogP contribution in [-0.2, 0) is 9.84 Å². The van der Waals surface area contributed by atoms with Crippen molar-refractivity contribution in [1.29, 1.82) is 0 Å². The third kappa shape index (κ3) is 2.60. The fourth-order valence-electron chi connectivity index (χ4n) is 1.62. The summed E-state index contributed by atoms with van der Waals surface area (Å²) in [7, 11) is -3.17. The van der Waals surface area contributed by atoms with Crippen LogP contribution in [0.15, 0.2) is 29.2 Å². The van der Waals surface area contributed by atoms with E-state index in [2.05, 4.69) is 15.9 Å². The molecule has 0 spiro atoms.